The zero-order valence-electron chi connectivity index (χ0n) is 18.7. The van der Waals surface area contributed by atoms with E-state index in [2.05, 4.69) is 5.32 Å². The van der Waals surface area contributed by atoms with E-state index in [1.165, 1.54) is 16.4 Å². The summed E-state index contributed by atoms with van der Waals surface area (Å²) in [6.07, 6.45) is -2.75. The molecule has 2 aromatic carbocycles. The summed E-state index contributed by atoms with van der Waals surface area (Å²) in [6.45, 7) is 4.60. The first-order valence-electron chi connectivity index (χ1n) is 11.1. The van der Waals surface area contributed by atoms with Crippen molar-refractivity contribution in [3.8, 4) is 0 Å². The number of aliphatic hydroxyl groups is 1. The first-order valence-corrected chi connectivity index (χ1v) is 12.5. The number of halogens is 3. The lowest BCUT2D eigenvalue weighted by atomic mass is 9.71. The number of piperidine rings is 1. The van der Waals surface area contributed by atoms with Crippen LogP contribution in [0.5, 0.6) is 0 Å². The number of hydrogen-bond donors (Lipinski definition) is 2. The van der Waals surface area contributed by atoms with E-state index in [1.807, 2.05) is 24.3 Å². The highest BCUT2D eigenvalue weighted by atomic mass is 32.2. The van der Waals surface area contributed by atoms with E-state index in [0.29, 0.717) is 12.8 Å². The number of sulfonamides is 1. The Morgan fingerprint density at radius 3 is 2.18 bits per heavy atom. The smallest absolute Gasteiger partial charge is 0.386 e. The van der Waals surface area contributed by atoms with Gasteiger partial charge in [-0.2, -0.15) is 17.5 Å². The fraction of sp³-hybridized carbons (Fsp3) is 0.500. The molecule has 0 aliphatic carbocycles. The van der Waals surface area contributed by atoms with E-state index in [1.54, 1.807) is 13.8 Å². The van der Waals surface area contributed by atoms with Gasteiger partial charge in [0.2, 0.25) is 10.0 Å². The molecule has 2 aliphatic heterocycles. The van der Waals surface area contributed by atoms with Gasteiger partial charge in [-0.1, -0.05) is 36.4 Å². The largest absolute Gasteiger partial charge is 0.417 e. The molecule has 4 rings (SSSR count). The Labute approximate surface area is 192 Å². The van der Waals surface area contributed by atoms with Crippen LogP contribution >= 0.6 is 0 Å². The van der Waals surface area contributed by atoms with Crippen LogP contribution in [0.2, 0.25) is 0 Å². The molecular weight excluding hydrogens is 453 g/mol. The maximum Gasteiger partial charge on any atom is 0.417 e. The van der Waals surface area contributed by atoms with Gasteiger partial charge in [0.15, 0.2) is 0 Å². The SMILES string of the molecule is CC(C)(O)c1ccc(C2NCCC23CCN(S(=O)(=O)c2ccccc2C(F)(F)F)CC3)cc1. The third kappa shape index (κ3) is 4.56. The predicted octanol–water partition coefficient (Wildman–Crippen LogP) is 4.44. The van der Waals surface area contributed by atoms with Crippen molar-refractivity contribution in [1.29, 1.82) is 0 Å². The molecule has 2 N–H and O–H groups in total. The minimum absolute atomic E-state index is 0.0284. The van der Waals surface area contributed by atoms with Crippen LogP contribution in [0, 0.1) is 5.41 Å². The second-order valence-corrected chi connectivity index (χ2v) is 11.5. The monoisotopic (exact) mass is 482 g/mol. The highest BCUT2D eigenvalue weighted by Crippen LogP contribution is 2.50. The third-order valence-electron chi connectivity index (χ3n) is 7.06. The minimum atomic E-state index is -4.74. The molecule has 0 saturated carbocycles. The van der Waals surface area contributed by atoms with Gasteiger partial charge in [-0.15, -0.1) is 0 Å². The molecule has 0 bridgehead atoms. The van der Waals surface area contributed by atoms with Crippen LogP contribution in [0.3, 0.4) is 0 Å². The van der Waals surface area contributed by atoms with Crippen molar-refractivity contribution < 1.29 is 26.7 Å². The Hall–Kier alpha value is -1.94. The maximum atomic E-state index is 13.4. The van der Waals surface area contributed by atoms with E-state index in [0.717, 1.165) is 36.2 Å². The Bertz CT molecular complexity index is 1100. The van der Waals surface area contributed by atoms with Gasteiger partial charge in [-0.05, 0) is 68.3 Å². The summed E-state index contributed by atoms with van der Waals surface area (Å²) in [5.41, 5.74) is -0.350. The lowest BCUT2D eigenvalue weighted by Crippen LogP contribution is -2.45. The van der Waals surface area contributed by atoms with Crippen molar-refractivity contribution in [1.82, 2.24) is 9.62 Å². The van der Waals surface area contributed by atoms with Gasteiger partial charge in [0.1, 0.15) is 0 Å². The van der Waals surface area contributed by atoms with Gasteiger partial charge in [0, 0.05) is 19.1 Å². The zero-order valence-corrected chi connectivity index (χ0v) is 19.5. The Morgan fingerprint density at radius 1 is 1.00 bits per heavy atom. The first kappa shape index (κ1) is 24.2. The molecule has 2 heterocycles. The Morgan fingerprint density at radius 2 is 1.61 bits per heavy atom. The van der Waals surface area contributed by atoms with E-state index in [4.69, 9.17) is 0 Å². The van der Waals surface area contributed by atoms with Gasteiger partial charge in [0.25, 0.3) is 0 Å². The van der Waals surface area contributed by atoms with E-state index in [-0.39, 0.29) is 24.5 Å². The number of nitrogens with zero attached hydrogens (tertiary/aromatic N) is 1. The molecule has 2 aromatic rings. The molecular formula is C24H29F3N2O3S. The van der Waals surface area contributed by atoms with Crippen LogP contribution in [-0.4, -0.2) is 37.5 Å². The molecule has 180 valence electrons. The van der Waals surface area contributed by atoms with E-state index < -0.39 is 32.3 Å². The molecule has 2 fully saturated rings. The normalized spacial score (nSPS) is 22.1. The first-order chi connectivity index (χ1) is 15.3. The molecule has 0 radical (unpaired) electrons. The summed E-state index contributed by atoms with van der Waals surface area (Å²) >= 11 is 0. The summed E-state index contributed by atoms with van der Waals surface area (Å²) in [5, 5.41) is 13.7. The van der Waals surface area contributed by atoms with Crippen LogP contribution in [0.25, 0.3) is 0 Å². The molecule has 1 spiro atoms. The zero-order chi connectivity index (χ0) is 24.1. The van der Waals surface area contributed by atoms with Gasteiger partial charge < -0.3 is 10.4 Å². The maximum absolute atomic E-state index is 13.4. The average molecular weight is 483 g/mol. The van der Waals surface area contributed by atoms with Crippen molar-refractivity contribution in [2.24, 2.45) is 5.41 Å². The van der Waals surface area contributed by atoms with Crippen LogP contribution in [0.15, 0.2) is 53.4 Å². The molecule has 5 nitrogen and oxygen atoms in total. The van der Waals surface area contributed by atoms with Crippen molar-refractivity contribution in [3.05, 3.63) is 65.2 Å². The van der Waals surface area contributed by atoms with Crippen LogP contribution in [0.1, 0.15) is 55.8 Å². The van der Waals surface area contributed by atoms with Crippen molar-refractivity contribution in [3.63, 3.8) is 0 Å². The standard InChI is InChI=1S/C24H29F3N2O3S/c1-22(2,30)18-9-7-17(8-10-18)21-23(11-14-28-21)12-15-29(16-13-23)33(31,32)20-6-4-3-5-19(20)24(25,26)27/h3-10,21,28,30H,11-16H2,1-2H3. The van der Waals surface area contributed by atoms with E-state index >= 15 is 0 Å². The molecule has 33 heavy (non-hydrogen) atoms. The molecule has 9 heteroatoms. The number of hydrogen-bond acceptors (Lipinski definition) is 4. The van der Waals surface area contributed by atoms with Gasteiger partial charge in [-0.3, -0.25) is 0 Å². The van der Waals surface area contributed by atoms with E-state index in [9.17, 15) is 26.7 Å². The lowest BCUT2D eigenvalue weighted by Gasteiger charge is -2.42. The predicted molar refractivity (Wildman–Crippen MR) is 119 cm³/mol. The fourth-order valence-corrected chi connectivity index (χ4v) is 6.81. The molecule has 0 aromatic heterocycles. The number of benzene rings is 2. The molecule has 1 unspecified atom stereocenters. The number of nitrogens with one attached hydrogen (secondary N) is 1. The molecule has 2 aliphatic rings. The number of rotatable bonds is 4. The van der Waals surface area contributed by atoms with Crippen LogP contribution in [0.4, 0.5) is 13.2 Å². The van der Waals surface area contributed by atoms with Gasteiger partial charge >= 0.3 is 6.18 Å². The third-order valence-corrected chi connectivity index (χ3v) is 9.02. The fourth-order valence-electron chi connectivity index (χ4n) is 5.16. The highest BCUT2D eigenvalue weighted by Gasteiger charge is 2.48. The Kier molecular flexibility index (Phi) is 6.14. The average Bonchev–Trinajstić information content (AvgIpc) is 3.16. The number of alkyl halides is 3. The van der Waals surface area contributed by atoms with Crippen LogP contribution < -0.4 is 5.32 Å². The summed E-state index contributed by atoms with van der Waals surface area (Å²) in [7, 11) is -4.26. The van der Waals surface area contributed by atoms with Crippen LogP contribution in [-0.2, 0) is 21.8 Å². The second-order valence-electron chi connectivity index (χ2n) is 9.58. The molecule has 1 atom stereocenters. The quantitative estimate of drug-likeness (QED) is 0.676. The van der Waals surface area contributed by atoms with Crippen molar-refractivity contribution in [2.45, 2.75) is 55.8 Å². The lowest BCUT2D eigenvalue weighted by molar-refractivity contribution is -0.139. The summed E-state index contributed by atoms with van der Waals surface area (Å²) in [6, 6.07) is 12.2. The van der Waals surface area contributed by atoms with Gasteiger partial charge in [-0.25, -0.2) is 8.42 Å². The minimum Gasteiger partial charge on any atom is -0.386 e. The Balaban J connectivity index is 1.55. The second kappa shape index (κ2) is 8.37. The summed E-state index contributed by atoms with van der Waals surface area (Å²) < 4.78 is 67.7. The van der Waals surface area contributed by atoms with Crippen molar-refractivity contribution >= 4 is 10.0 Å². The molecule has 2 saturated heterocycles. The molecule has 0 amide bonds. The highest BCUT2D eigenvalue weighted by molar-refractivity contribution is 7.89. The van der Waals surface area contributed by atoms with Gasteiger partial charge in [0.05, 0.1) is 16.1 Å². The topological polar surface area (TPSA) is 69.6 Å². The summed E-state index contributed by atoms with van der Waals surface area (Å²) in [4.78, 5) is -0.684. The van der Waals surface area contributed by atoms with Crippen molar-refractivity contribution in [2.75, 3.05) is 19.6 Å². The summed E-state index contributed by atoms with van der Waals surface area (Å²) in [5.74, 6) is 0.